The third-order valence-electron chi connectivity index (χ3n) is 6.14. The van der Waals surface area contributed by atoms with Gasteiger partial charge in [0.25, 0.3) is 0 Å². The number of hydrogen-bond acceptors (Lipinski definition) is 7. The fourth-order valence-corrected chi connectivity index (χ4v) is 5.36. The number of ether oxygens (including phenoxy) is 1. The highest BCUT2D eigenvalue weighted by Gasteiger charge is 2.18. The predicted molar refractivity (Wildman–Crippen MR) is 124 cm³/mol. The summed E-state index contributed by atoms with van der Waals surface area (Å²) in [5.74, 6) is 1.84. The maximum absolute atomic E-state index is 5.47. The minimum atomic E-state index is 0.801. The lowest BCUT2D eigenvalue weighted by molar-refractivity contribution is 0.122. The molecule has 158 valence electrons. The van der Waals surface area contributed by atoms with E-state index in [1.165, 1.54) is 29.0 Å². The number of aromatic nitrogens is 2. The van der Waals surface area contributed by atoms with E-state index in [9.17, 15) is 0 Å². The van der Waals surface area contributed by atoms with Crippen molar-refractivity contribution in [2.75, 3.05) is 49.6 Å². The van der Waals surface area contributed by atoms with E-state index in [2.05, 4.69) is 53.2 Å². The molecule has 0 unspecified atom stereocenters. The Balaban J connectivity index is 1.43. The Morgan fingerprint density at radius 2 is 1.73 bits per heavy atom. The molecule has 7 heteroatoms. The number of hydrogen-bond donors (Lipinski definition) is 1. The van der Waals surface area contributed by atoms with Gasteiger partial charge in [-0.1, -0.05) is 0 Å². The van der Waals surface area contributed by atoms with Crippen molar-refractivity contribution >= 4 is 38.7 Å². The Hall–Kier alpha value is -2.22. The van der Waals surface area contributed by atoms with E-state index in [1.807, 2.05) is 0 Å². The summed E-state index contributed by atoms with van der Waals surface area (Å²) in [6.45, 7) is 11.0. The van der Waals surface area contributed by atoms with Gasteiger partial charge in [-0.3, -0.25) is 4.90 Å². The van der Waals surface area contributed by atoms with E-state index >= 15 is 0 Å². The number of thiophene rings is 1. The number of likely N-dealkylation sites (tertiary alicyclic amines) is 1. The van der Waals surface area contributed by atoms with Crippen molar-refractivity contribution < 1.29 is 4.74 Å². The van der Waals surface area contributed by atoms with Crippen molar-refractivity contribution in [2.45, 2.75) is 33.2 Å². The minimum absolute atomic E-state index is 0.801. The zero-order chi connectivity index (χ0) is 20.5. The predicted octanol–water partition coefficient (Wildman–Crippen LogP) is 4.48. The molecule has 0 radical (unpaired) electrons. The fraction of sp³-hybridized carbons (Fsp3) is 0.478. The van der Waals surface area contributed by atoms with Crippen LogP contribution < -0.4 is 10.2 Å². The zero-order valence-electron chi connectivity index (χ0n) is 17.8. The average molecular weight is 424 g/mol. The van der Waals surface area contributed by atoms with Gasteiger partial charge < -0.3 is 15.0 Å². The molecule has 2 aromatic heterocycles. The quantitative estimate of drug-likeness (QED) is 0.653. The van der Waals surface area contributed by atoms with E-state index in [-0.39, 0.29) is 0 Å². The van der Waals surface area contributed by atoms with Crippen molar-refractivity contribution in [2.24, 2.45) is 0 Å². The van der Waals surface area contributed by atoms with Crippen LogP contribution >= 0.6 is 11.3 Å². The van der Waals surface area contributed by atoms with Gasteiger partial charge >= 0.3 is 0 Å². The maximum Gasteiger partial charge on any atom is 0.146 e. The van der Waals surface area contributed by atoms with E-state index in [1.54, 1.807) is 11.3 Å². The van der Waals surface area contributed by atoms with Crippen molar-refractivity contribution in [3.8, 4) is 0 Å². The molecule has 2 saturated heterocycles. The maximum atomic E-state index is 5.47. The summed E-state index contributed by atoms with van der Waals surface area (Å²) in [6.07, 6.45) is 2.56. The second-order valence-electron chi connectivity index (χ2n) is 8.21. The first kappa shape index (κ1) is 19.7. The molecule has 2 fully saturated rings. The normalized spacial score (nSPS) is 17.7. The second kappa shape index (κ2) is 8.49. The summed E-state index contributed by atoms with van der Waals surface area (Å²) in [5, 5.41) is 4.74. The smallest absolute Gasteiger partial charge is 0.146 e. The zero-order valence-corrected chi connectivity index (χ0v) is 18.6. The second-order valence-corrected chi connectivity index (χ2v) is 9.41. The molecule has 6 nitrogen and oxygen atoms in total. The monoisotopic (exact) mass is 423 g/mol. The molecule has 0 spiro atoms. The van der Waals surface area contributed by atoms with Gasteiger partial charge in [0.15, 0.2) is 0 Å². The first-order valence-corrected chi connectivity index (χ1v) is 11.7. The van der Waals surface area contributed by atoms with E-state index in [4.69, 9.17) is 14.7 Å². The lowest BCUT2D eigenvalue weighted by Gasteiger charge is -2.28. The van der Waals surface area contributed by atoms with Crippen LogP contribution in [0.2, 0.25) is 0 Å². The average Bonchev–Trinajstić information content (AvgIpc) is 3.37. The summed E-state index contributed by atoms with van der Waals surface area (Å²) in [5.41, 5.74) is 3.58. The van der Waals surface area contributed by atoms with Crippen molar-refractivity contribution in [1.82, 2.24) is 14.9 Å². The molecule has 0 atom stereocenters. The van der Waals surface area contributed by atoms with Gasteiger partial charge in [0, 0.05) is 29.3 Å². The molecule has 3 aromatic rings. The van der Waals surface area contributed by atoms with Gasteiger partial charge in [0.05, 0.1) is 25.1 Å². The van der Waals surface area contributed by atoms with Gasteiger partial charge in [-0.25, -0.2) is 9.97 Å². The number of nitrogens with zero attached hydrogens (tertiary/aromatic N) is 4. The van der Waals surface area contributed by atoms with Crippen LogP contribution in [0.5, 0.6) is 0 Å². The molecule has 1 N–H and O–H groups in total. The fourth-order valence-electron chi connectivity index (χ4n) is 4.31. The van der Waals surface area contributed by atoms with E-state index in [0.717, 1.165) is 73.5 Å². The van der Waals surface area contributed by atoms with Crippen LogP contribution in [-0.4, -0.2) is 54.3 Å². The summed E-state index contributed by atoms with van der Waals surface area (Å²) in [6, 6.07) is 8.66. The molecule has 5 rings (SSSR count). The Labute approximate surface area is 181 Å². The number of nitrogens with one attached hydrogen (secondary N) is 1. The number of benzene rings is 1. The molecule has 0 aliphatic carbocycles. The first-order valence-electron chi connectivity index (χ1n) is 10.9. The molecule has 30 heavy (non-hydrogen) atoms. The molecule has 2 aliphatic heterocycles. The van der Waals surface area contributed by atoms with Crippen LogP contribution in [0.25, 0.3) is 10.2 Å². The number of anilines is 3. The highest BCUT2D eigenvalue weighted by Crippen LogP contribution is 2.35. The Kier molecular flexibility index (Phi) is 5.58. The third-order valence-corrected chi connectivity index (χ3v) is 7.25. The molecule has 1 aromatic carbocycles. The van der Waals surface area contributed by atoms with Gasteiger partial charge in [-0.15, -0.1) is 11.3 Å². The molecular formula is C23H29N5OS. The molecule has 0 amide bonds. The van der Waals surface area contributed by atoms with Crippen LogP contribution in [0.4, 0.5) is 17.2 Å². The number of rotatable bonds is 5. The van der Waals surface area contributed by atoms with Crippen LogP contribution in [0.1, 0.15) is 29.1 Å². The SMILES string of the molecule is Cc1sc2nc(CN3CCCC3)nc(Nc3ccc(N4CCOCC4)cc3)c2c1C. The topological polar surface area (TPSA) is 53.5 Å². The standard InChI is InChI=1S/C23H29N5OS/c1-16-17(2)30-23-21(16)22(25-20(26-23)15-27-9-3-4-10-27)24-18-5-7-19(8-6-18)28-11-13-29-14-12-28/h5-8H,3-4,9-15H2,1-2H3,(H,24,25,26). The summed E-state index contributed by atoms with van der Waals surface area (Å²) in [4.78, 5) is 17.1. The first-order chi connectivity index (χ1) is 14.7. The largest absolute Gasteiger partial charge is 0.378 e. The number of fused-ring (bicyclic) bond motifs is 1. The van der Waals surface area contributed by atoms with E-state index in [0.29, 0.717) is 0 Å². The van der Waals surface area contributed by atoms with Gasteiger partial charge in [0.1, 0.15) is 16.5 Å². The summed E-state index contributed by atoms with van der Waals surface area (Å²) >= 11 is 1.77. The van der Waals surface area contributed by atoms with Crippen LogP contribution in [0, 0.1) is 13.8 Å². The number of morpholine rings is 1. The molecule has 2 aliphatic rings. The Bertz CT molecular complexity index is 1020. The van der Waals surface area contributed by atoms with Crippen molar-refractivity contribution in [3.05, 3.63) is 40.5 Å². The highest BCUT2D eigenvalue weighted by molar-refractivity contribution is 7.18. The van der Waals surface area contributed by atoms with Gasteiger partial charge in [-0.2, -0.15) is 0 Å². The lowest BCUT2D eigenvalue weighted by atomic mass is 10.2. The lowest BCUT2D eigenvalue weighted by Crippen LogP contribution is -2.36. The molecular weight excluding hydrogens is 394 g/mol. The van der Waals surface area contributed by atoms with Crippen molar-refractivity contribution in [3.63, 3.8) is 0 Å². The highest BCUT2D eigenvalue weighted by atomic mass is 32.1. The van der Waals surface area contributed by atoms with Crippen LogP contribution in [0.3, 0.4) is 0 Å². The minimum Gasteiger partial charge on any atom is -0.378 e. The van der Waals surface area contributed by atoms with Gasteiger partial charge in [0.2, 0.25) is 0 Å². The number of aryl methyl sites for hydroxylation is 2. The van der Waals surface area contributed by atoms with E-state index < -0.39 is 0 Å². The van der Waals surface area contributed by atoms with Crippen LogP contribution in [-0.2, 0) is 11.3 Å². The molecule has 0 saturated carbocycles. The van der Waals surface area contributed by atoms with Gasteiger partial charge in [-0.05, 0) is 69.6 Å². The molecule has 0 bridgehead atoms. The summed E-state index contributed by atoms with van der Waals surface area (Å²) < 4.78 is 5.47. The van der Waals surface area contributed by atoms with Crippen molar-refractivity contribution in [1.29, 1.82) is 0 Å². The van der Waals surface area contributed by atoms with Crippen LogP contribution in [0.15, 0.2) is 24.3 Å². The Morgan fingerprint density at radius 3 is 2.47 bits per heavy atom. The Morgan fingerprint density at radius 1 is 1.00 bits per heavy atom. The third kappa shape index (κ3) is 4.02. The summed E-state index contributed by atoms with van der Waals surface area (Å²) in [7, 11) is 0. The molecule has 4 heterocycles.